The van der Waals surface area contributed by atoms with E-state index in [-0.39, 0.29) is 6.04 Å². The van der Waals surface area contributed by atoms with Gasteiger partial charge in [-0.1, -0.05) is 6.07 Å². The molecule has 1 saturated heterocycles. The Labute approximate surface area is 103 Å². The fraction of sp³-hybridized carbons (Fsp3) is 0.538. The summed E-state index contributed by atoms with van der Waals surface area (Å²) in [5, 5.41) is 0. The molecule has 0 saturated carbocycles. The summed E-state index contributed by atoms with van der Waals surface area (Å²) in [6.45, 7) is 2.69. The van der Waals surface area contributed by atoms with E-state index < -0.39 is 0 Å². The van der Waals surface area contributed by atoms with E-state index in [0.717, 1.165) is 24.4 Å². The molecular formula is C13H21N3O. The van der Waals surface area contributed by atoms with Gasteiger partial charge < -0.3 is 21.1 Å². The van der Waals surface area contributed by atoms with Gasteiger partial charge >= 0.3 is 0 Å². The zero-order chi connectivity index (χ0) is 12.3. The Bertz CT molecular complexity index is 375. The minimum absolute atomic E-state index is 0.155. The van der Waals surface area contributed by atoms with Crippen LogP contribution in [0.15, 0.2) is 18.2 Å². The number of hydrogen-bond donors (Lipinski definition) is 2. The standard InChI is InChI=1S/C13H21N3O/c1-17-13-8-10(16-6-2-3-7-16)4-5-11(13)12(15)9-14/h4-5,8,12H,2-3,6-7,9,14-15H2,1H3/t12-/m0/s1. The molecule has 0 aliphatic carbocycles. The van der Waals surface area contributed by atoms with Gasteiger partial charge in [0.25, 0.3) is 0 Å². The molecule has 17 heavy (non-hydrogen) atoms. The highest BCUT2D eigenvalue weighted by atomic mass is 16.5. The third-order valence-corrected chi connectivity index (χ3v) is 3.34. The summed E-state index contributed by atoms with van der Waals surface area (Å²) in [7, 11) is 1.68. The molecule has 0 amide bonds. The maximum Gasteiger partial charge on any atom is 0.125 e. The molecule has 1 aliphatic rings. The summed E-state index contributed by atoms with van der Waals surface area (Å²) in [6, 6.07) is 6.05. The topological polar surface area (TPSA) is 64.5 Å². The number of benzene rings is 1. The lowest BCUT2D eigenvalue weighted by atomic mass is 10.1. The molecule has 2 rings (SSSR count). The first-order valence-corrected chi connectivity index (χ1v) is 6.14. The van der Waals surface area contributed by atoms with E-state index in [1.807, 2.05) is 6.07 Å². The Morgan fingerprint density at radius 2 is 2.06 bits per heavy atom. The first-order chi connectivity index (χ1) is 8.26. The van der Waals surface area contributed by atoms with E-state index in [4.69, 9.17) is 16.2 Å². The summed E-state index contributed by atoms with van der Waals surface area (Å²) in [5.41, 5.74) is 13.8. The molecule has 1 heterocycles. The van der Waals surface area contributed by atoms with Crippen molar-refractivity contribution in [3.8, 4) is 5.75 Å². The molecule has 1 aromatic rings. The highest BCUT2D eigenvalue weighted by Gasteiger charge is 2.16. The normalized spacial score (nSPS) is 17.2. The van der Waals surface area contributed by atoms with Crippen LogP contribution in [0, 0.1) is 0 Å². The van der Waals surface area contributed by atoms with Crippen molar-refractivity contribution in [3.63, 3.8) is 0 Å². The second kappa shape index (κ2) is 5.38. The molecule has 0 bridgehead atoms. The first kappa shape index (κ1) is 12.2. The second-order valence-corrected chi connectivity index (χ2v) is 4.46. The minimum atomic E-state index is -0.155. The molecule has 1 atom stereocenters. The van der Waals surface area contributed by atoms with Crippen LogP contribution >= 0.6 is 0 Å². The Kier molecular flexibility index (Phi) is 3.86. The zero-order valence-electron chi connectivity index (χ0n) is 10.4. The Morgan fingerprint density at radius 3 is 2.65 bits per heavy atom. The quantitative estimate of drug-likeness (QED) is 0.824. The molecule has 4 heteroatoms. The van der Waals surface area contributed by atoms with Gasteiger partial charge in [-0.25, -0.2) is 0 Å². The van der Waals surface area contributed by atoms with Crippen molar-refractivity contribution >= 4 is 5.69 Å². The Balaban J connectivity index is 2.26. The number of ether oxygens (including phenoxy) is 1. The van der Waals surface area contributed by atoms with Gasteiger partial charge in [-0.15, -0.1) is 0 Å². The van der Waals surface area contributed by atoms with E-state index in [1.165, 1.54) is 18.5 Å². The lowest BCUT2D eigenvalue weighted by Gasteiger charge is -2.21. The number of nitrogens with zero attached hydrogens (tertiary/aromatic N) is 1. The summed E-state index contributed by atoms with van der Waals surface area (Å²) in [6.07, 6.45) is 2.54. The maximum atomic E-state index is 5.96. The summed E-state index contributed by atoms with van der Waals surface area (Å²) >= 11 is 0. The molecule has 0 unspecified atom stereocenters. The average molecular weight is 235 g/mol. The van der Waals surface area contributed by atoms with Crippen LogP contribution in [-0.2, 0) is 0 Å². The van der Waals surface area contributed by atoms with Gasteiger partial charge in [0.05, 0.1) is 7.11 Å². The van der Waals surface area contributed by atoms with Crippen LogP contribution in [0.2, 0.25) is 0 Å². The monoisotopic (exact) mass is 235 g/mol. The maximum absolute atomic E-state index is 5.96. The predicted molar refractivity (Wildman–Crippen MR) is 70.4 cm³/mol. The molecule has 4 nitrogen and oxygen atoms in total. The molecule has 0 spiro atoms. The van der Waals surface area contributed by atoms with Crippen LogP contribution in [0.4, 0.5) is 5.69 Å². The van der Waals surface area contributed by atoms with Gasteiger partial charge in [-0.05, 0) is 18.9 Å². The molecule has 4 N–H and O–H groups in total. The molecule has 0 aromatic heterocycles. The summed E-state index contributed by atoms with van der Waals surface area (Å²) < 4.78 is 5.41. The van der Waals surface area contributed by atoms with Gasteiger partial charge in [0, 0.05) is 43.0 Å². The van der Waals surface area contributed by atoms with Crippen molar-refractivity contribution < 1.29 is 4.74 Å². The number of anilines is 1. The van der Waals surface area contributed by atoms with Crippen molar-refractivity contribution in [2.24, 2.45) is 11.5 Å². The lowest BCUT2D eigenvalue weighted by molar-refractivity contribution is 0.406. The second-order valence-electron chi connectivity index (χ2n) is 4.46. The smallest absolute Gasteiger partial charge is 0.125 e. The zero-order valence-corrected chi connectivity index (χ0v) is 10.4. The Hall–Kier alpha value is -1.26. The number of rotatable bonds is 4. The van der Waals surface area contributed by atoms with Crippen LogP contribution < -0.4 is 21.1 Å². The van der Waals surface area contributed by atoms with Crippen LogP contribution in [0.5, 0.6) is 5.75 Å². The molecule has 94 valence electrons. The molecule has 0 radical (unpaired) electrons. The van der Waals surface area contributed by atoms with Crippen LogP contribution in [0.25, 0.3) is 0 Å². The van der Waals surface area contributed by atoms with Gasteiger partial charge in [0.1, 0.15) is 5.75 Å². The van der Waals surface area contributed by atoms with Crippen LogP contribution in [-0.4, -0.2) is 26.7 Å². The van der Waals surface area contributed by atoms with Crippen LogP contribution in [0.3, 0.4) is 0 Å². The molecule has 1 aromatic carbocycles. The summed E-state index contributed by atoms with van der Waals surface area (Å²) in [5.74, 6) is 0.840. The van der Waals surface area contributed by atoms with E-state index >= 15 is 0 Å². The fourth-order valence-corrected chi connectivity index (χ4v) is 2.31. The number of nitrogens with two attached hydrogens (primary N) is 2. The highest BCUT2D eigenvalue weighted by molar-refractivity contribution is 5.55. The van der Waals surface area contributed by atoms with Crippen LogP contribution in [0.1, 0.15) is 24.4 Å². The average Bonchev–Trinajstić information content (AvgIpc) is 2.91. The van der Waals surface area contributed by atoms with Crippen molar-refractivity contribution in [2.75, 3.05) is 31.6 Å². The molecule has 1 fully saturated rings. The van der Waals surface area contributed by atoms with E-state index in [9.17, 15) is 0 Å². The van der Waals surface area contributed by atoms with Crippen molar-refractivity contribution in [3.05, 3.63) is 23.8 Å². The van der Waals surface area contributed by atoms with E-state index in [1.54, 1.807) is 7.11 Å². The van der Waals surface area contributed by atoms with E-state index in [2.05, 4.69) is 17.0 Å². The summed E-state index contributed by atoms with van der Waals surface area (Å²) in [4.78, 5) is 2.38. The minimum Gasteiger partial charge on any atom is -0.496 e. The third kappa shape index (κ3) is 2.53. The third-order valence-electron chi connectivity index (χ3n) is 3.34. The van der Waals surface area contributed by atoms with Crippen molar-refractivity contribution in [2.45, 2.75) is 18.9 Å². The van der Waals surface area contributed by atoms with Crippen molar-refractivity contribution in [1.29, 1.82) is 0 Å². The van der Waals surface area contributed by atoms with Gasteiger partial charge in [-0.2, -0.15) is 0 Å². The predicted octanol–water partition coefficient (Wildman–Crippen LogP) is 1.25. The van der Waals surface area contributed by atoms with Gasteiger partial charge in [0.2, 0.25) is 0 Å². The highest BCUT2D eigenvalue weighted by Crippen LogP contribution is 2.30. The Morgan fingerprint density at radius 1 is 1.35 bits per heavy atom. The fourth-order valence-electron chi connectivity index (χ4n) is 2.31. The molecule has 1 aliphatic heterocycles. The largest absolute Gasteiger partial charge is 0.496 e. The molecular weight excluding hydrogens is 214 g/mol. The van der Waals surface area contributed by atoms with Gasteiger partial charge in [-0.3, -0.25) is 0 Å². The van der Waals surface area contributed by atoms with Crippen molar-refractivity contribution in [1.82, 2.24) is 0 Å². The lowest BCUT2D eigenvalue weighted by Crippen LogP contribution is -2.22. The SMILES string of the molecule is COc1cc(N2CCCC2)ccc1[C@@H](N)CN. The number of hydrogen-bond acceptors (Lipinski definition) is 4. The van der Waals surface area contributed by atoms with Gasteiger partial charge in [0.15, 0.2) is 0 Å². The number of methoxy groups -OCH3 is 1. The first-order valence-electron chi connectivity index (χ1n) is 6.14. The van der Waals surface area contributed by atoms with E-state index in [0.29, 0.717) is 6.54 Å².